The predicted octanol–water partition coefficient (Wildman–Crippen LogP) is 0.363. The Labute approximate surface area is 64.9 Å². The van der Waals surface area contributed by atoms with Gasteiger partial charge in [0.2, 0.25) is 0 Å². The molecule has 0 atom stereocenters. The fourth-order valence-electron chi connectivity index (χ4n) is 0.845. The van der Waals surface area contributed by atoms with Crippen LogP contribution < -0.4 is 5.73 Å². The number of aromatic nitrogens is 2. The van der Waals surface area contributed by atoms with E-state index in [2.05, 4.69) is 4.98 Å². The number of thiocarbonyl (C=S) groups is 1. The van der Waals surface area contributed by atoms with Gasteiger partial charge < -0.3 is 10.3 Å². The second-order valence-electron chi connectivity index (χ2n) is 2.18. The van der Waals surface area contributed by atoms with Crippen LogP contribution in [0.1, 0.15) is 11.5 Å². The number of aryl methyl sites for hydroxylation is 2. The highest BCUT2D eigenvalue weighted by Gasteiger charge is 2.02. The zero-order valence-corrected chi connectivity index (χ0v) is 6.77. The first-order valence-corrected chi connectivity index (χ1v) is 3.32. The van der Waals surface area contributed by atoms with Gasteiger partial charge in [0.25, 0.3) is 0 Å². The topological polar surface area (TPSA) is 43.8 Å². The van der Waals surface area contributed by atoms with Crippen molar-refractivity contribution in [3.8, 4) is 0 Å². The maximum absolute atomic E-state index is 5.38. The lowest BCUT2D eigenvalue weighted by atomic mass is 10.6. The molecule has 0 saturated carbocycles. The second kappa shape index (κ2) is 2.38. The van der Waals surface area contributed by atoms with Crippen LogP contribution in [0.2, 0.25) is 0 Å². The Hall–Kier alpha value is -0.900. The standard InChI is InChI=1S/C6H9N3S/c1-4-3-9(2)6(8-4)5(7)10/h3H,1-2H3,(H2,7,10). The Kier molecular flexibility index (Phi) is 1.72. The number of hydrogen-bond donors (Lipinski definition) is 1. The van der Waals surface area contributed by atoms with E-state index in [-0.39, 0.29) is 0 Å². The van der Waals surface area contributed by atoms with E-state index in [1.54, 1.807) is 0 Å². The second-order valence-corrected chi connectivity index (χ2v) is 2.62. The average molecular weight is 155 g/mol. The van der Waals surface area contributed by atoms with Crippen molar-refractivity contribution in [3.05, 3.63) is 17.7 Å². The van der Waals surface area contributed by atoms with Gasteiger partial charge in [0.1, 0.15) is 4.99 Å². The fourth-order valence-corrected chi connectivity index (χ4v) is 1.03. The van der Waals surface area contributed by atoms with Crippen molar-refractivity contribution in [2.45, 2.75) is 6.92 Å². The molecule has 1 aromatic rings. The Bertz CT molecular complexity index is 264. The van der Waals surface area contributed by atoms with Crippen LogP contribution in [-0.2, 0) is 7.05 Å². The van der Waals surface area contributed by atoms with Gasteiger partial charge in [-0.25, -0.2) is 4.98 Å². The van der Waals surface area contributed by atoms with Gasteiger partial charge in [-0.1, -0.05) is 12.2 Å². The first kappa shape index (κ1) is 7.21. The third kappa shape index (κ3) is 1.16. The Morgan fingerprint density at radius 2 is 2.40 bits per heavy atom. The lowest BCUT2D eigenvalue weighted by Crippen LogP contribution is -2.14. The van der Waals surface area contributed by atoms with Crippen molar-refractivity contribution in [2.75, 3.05) is 0 Å². The first-order valence-electron chi connectivity index (χ1n) is 2.91. The summed E-state index contributed by atoms with van der Waals surface area (Å²) in [5, 5.41) is 0. The zero-order chi connectivity index (χ0) is 7.72. The van der Waals surface area contributed by atoms with Gasteiger partial charge in [-0.3, -0.25) is 0 Å². The van der Waals surface area contributed by atoms with Crippen molar-refractivity contribution in [3.63, 3.8) is 0 Å². The van der Waals surface area contributed by atoms with Crippen LogP contribution in [0.4, 0.5) is 0 Å². The third-order valence-electron chi connectivity index (χ3n) is 1.22. The molecule has 0 spiro atoms. The molecule has 3 nitrogen and oxygen atoms in total. The van der Waals surface area contributed by atoms with Gasteiger partial charge in [-0.2, -0.15) is 0 Å². The van der Waals surface area contributed by atoms with Gasteiger partial charge in [-0.05, 0) is 6.92 Å². The van der Waals surface area contributed by atoms with E-state index < -0.39 is 0 Å². The summed E-state index contributed by atoms with van der Waals surface area (Å²) in [7, 11) is 1.87. The highest BCUT2D eigenvalue weighted by atomic mass is 32.1. The minimum atomic E-state index is 0.343. The van der Waals surface area contributed by atoms with Gasteiger partial charge in [0, 0.05) is 13.2 Å². The number of nitrogens with zero attached hydrogens (tertiary/aromatic N) is 2. The zero-order valence-electron chi connectivity index (χ0n) is 5.96. The molecule has 0 aliphatic carbocycles. The smallest absolute Gasteiger partial charge is 0.167 e. The number of hydrogen-bond acceptors (Lipinski definition) is 2. The lowest BCUT2D eigenvalue weighted by molar-refractivity contribution is 0.898. The molecule has 0 bridgehead atoms. The largest absolute Gasteiger partial charge is 0.387 e. The van der Waals surface area contributed by atoms with Gasteiger partial charge in [-0.15, -0.1) is 0 Å². The molecular weight excluding hydrogens is 146 g/mol. The minimum Gasteiger partial charge on any atom is -0.387 e. The van der Waals surface area contributed by atoms with Crippen molar-refractivity contribution >= 4 is 17.2 Å². The van der Waals surface area contributed by atoms with Crippen molar-refractivity contribution in [2.24, 2.45) is 12.8 Å². The van der Waals surface area contributed by atoms with E-state index in [4.69, 9.17) is 18.0 Å². The molecule has 0 aliphatic heterocycles. The van der Waals surface area contributed by atoms with Gasteiger partial charge >= 0.3 is 0 Å². The number of nitrogens with two attached hydrogens (primary N) is 1. The highest BCUT2D eigenvalue weighted by Crippen LogP contribution is 1.98. The normalized spacial score (nSPS) is 9.80. The minimum absolute atomic E-state index is 0.343. The first-order chi connectivity index (χ1) is 4.61. The molecule has 1 aromatic heterocycles. The Morgan fingerprint density at radius 1 is 1.80 bits per heavy atom. The SMILES string of the molecule is Cc1cn(C)c(C(N)=S)n1. The van der Waals surface area contributed by atoms with Crippen molar-refractivity contribution in [1.29, 1.82) is 0 Å². The van der Waals surface area contributed by atoms with Crippen molar-refractivity contribution in [1.82, 2.24) is 9.55 Å². The molecule has 0 amide bonds. The quantitative estimate of drug-likeness (QED) is 0.596. The molecule has 10 heavy (non-hydrogen) atoms. The molecule has 0 aliphatic rings. The monoisotopic (exact) mass is 155 g/mol. The molecule has 1 rings (SSSR count). The van der Waals surface area contributed by atoms with Crippen LogP contribution in [0.3, 0.4) is 0 Å². The summed E-state index contributed by atoms with van der Waals surface area (Å²) in [5.74, 6) is 0.674. The molecule has 0 aromatic carbocycles. The summed E-state index contributed by atoms with van der Waals surface area (Å²) in [6, 6.07) is 0. The summed E-state index contributed by atoms with van der Waals surface area (Å²) in [4.78, 5) is 4.45. The van der Waals surface area contributed by atoms with E-state index in [0.29, 0.717) is 10.8 Å². The third-order valence-corrected chi connectivity index (χ3v) is 1.40. The molecule has 2 N–H and O–H groups in total. The molecule has 0 saturated heterocycles. The number of rotatable bonds is 1. The summed E-state index contributed by atoms with van der Waals surface area (Å²) >= 11 is 4.76. The van der Waals surface area contributed by atoms with Crippen molar-refractivity contribution < 1.29 is 0 Å². The van der Waals surface area contributed by atoms with E-state index in [9.17, 15) is 0 Å². The van der Waals surface area contributed by atoms with Crippen LogP contribution in [0, 0.1) is 6.92 Å². The van der Waals surface area contributed by atoms with E-state index >= 15 is 0 Å². The molecule has 0 unspecified atom stereocenters. The average Bonchev–Trinajstić information content (AvgIpc) is 2.10. The molecule has 0 radical (unpaired) electrons. The fraction of sp³-hybridized carbons (Fsp3) is 0.333. The van der Waals surface area contributed by atoms with Crippen LogP contribution >= 0.6 is 12.2 Å². The summed E-state index contributed by atoms with van der Waals surface area (Å²) in [5.41, 5.74) is 6.31. The Morgan fingerprint density at radius 3 is 2.60 bits per heavy atom. The Balaban J connectivity index is 3.15. The molecular formula is C6H9N3S. The molecule has 0 fully saturated rings. The van der Waals surface area contributed by atoms with Crippen LogP contribution in [-0.4, -0.2) is 14.5 Å². The molecule has 1 heterocycles. The van der Waals surface area contributed by atoms with Crippen LogP contribution in [0.25, 0.3) is 0 Å². The maximum Gasteiger partial charge on any atom is 0.167 e. The van der Waals surface area contributed by atoms with Crippen LogP contribution in [0.5, 0.6) is 0 Å². The predicted molar refractivity (Wildman–Crippen MR) is 43.8 cm³/mol. The molecule has 4 heteroatoms. The lowest BCUT2D eigenvalue weighted by Gasteiger charge is -1.94. The summed E-state index contributed by atoms with van der Waals surface area (Å²) < 4.78 is 1.82. The molecule has 54 valence electrons. The van der Waals surface area contributed by atoms with E-state index in [0.717, 1.165) is 5.69 Å². The maximum atomic E-state index is 5.38. The van der Waals surface area contributed by atoms with Gasteiger partial charge in [0.15, 0.2) is 5.82 Å². The van der Waals surface area contributed by atoms with E-state index in [1.807, 2.05) is 24.7 Å². The van der Waals surface area contributed by atoms with Gasteiger partial charge in [0.05, 0.1) is 5.69 Å². The highest BCUT2D eigenvalue weighted by molar-refractivity contribution is 7.80. The van der Waals surface area contributed by atoms with Crippen LogP contribution in [0.15, 0.2) is 6.20 Å². The summed E-state index contributed by atoms with van der Waals surface area (Å²) in [6.45, 7) is 1.90. The number of imidazole rings is 1. The van der Waals surface area contributed by atoms with E-state index in [1.165, 1.54) is 0 Å². The summed E-state index contributed by atoms with van der Waals surface area (Å²) in [6.07, 6.45) is 1.88.